The molecule has 0 saturated heterocycles. The van der Waals surface area contributed by atoms with E-state index in [0.29, 0.717) is 0 Å². The minimum Gasteiger partial charge on any atom is -0.389 e. The molecule has 0 heterocycles. The summed E-state index contributed by atoms with van der Waals surface area (Å²) in [6, 6.07) is 5.38. The largest absolute Gasteiger partial charge is 0.389 e. The topological polar surface area (TPSA) is 118 Å². The van der Waals surface area contributed by atoms with Crippen LogP contribution in [0.25, 0.3) is 0 Å². The predicted octanol–water partition coefficient (Wildman–Crippen LogP) is 0.00800. The molecule has 6 nitrogen and oxygen atoms in total. The van der Waals surface area contributed by atoms with Gasteiger partial charge in [-0.25, -0.2) is 13.6 Å². The molecule has 0 aliphatic carbocycles. The van der Waals surface area contributed by atoms with Gasteiger partial charge in [-0.15, -0.1) is 0 Å². The van der Waals surface area contributed by atoms with E-state index in [1.165, 1.54) is 31.2 Å². The van der Waals surface area contributed by atoms with Crippen LogP contribution in [-0.4, -0.2) is 35.6 Å². The van der Waals surface area contributed by atoms with Gasteiger partial charge in [0.05, 0.1) is 11.0 Å². The van der Waals surface area contributed by atoms with Crippen molar-refractivity contribution in [3.05, 3.63) is 29.8 Å². The zero-order valence-corrected chi connectivity index (χ0v) is 11.8. The standard InChI is InChI=1S/C11H15NO5S2/c1-7(13)18-6-10(14)11(15)8-3-2-4-9(5-8)19(12,16)17/h2-5,10-11,14-15H,6H2,1H3,(H2,12,16,17). The Morgan fingerprint density at radius 3 is 2.58 bits per heavy atom. The predicted molar refractivity (Wildman–Crippen MR) is 71.9 cm³/mol. The quantitative estimate of drug-likeness (QED) is 0.705. The molecule has 19 heavy (non-hydrogen) atoms. The van der Waals surface area contributed by atoms with Crippen molar-refractivity contribution in [3.8, 4) is 0 Å². The van der Waals surface area contributed by atoms with E-state index in [1.54, 1.807) is 0 Å². The molecule has 4 N–H and O–H groups in total. The van der Waals surface area contributed by atoms with Crippen LogP contribution in [0, 0.1) is 0 Å². The molecule has 0 aliphatic rings. The van der Waals surface area contributed by atoms with Crippen molar-refractivity contribution in [1.82, 2.24) is 0 Å². The Morgan fingerprint density at radius 1 is 1.42 bits per heavy atom. The molecule has 0 fully saturated rings. The van der Waals surface area contributed by atoms with Crippen molar-refractivity contribution in [2.45, 2.75) is 24.0 Å². The highest BCUT2D eigenvalue weighted by Crippen LogP contribution is 2.22. The van der Waals surface area contributed by atoms with E-state index in [2.05, 4.69) is 0 Å². The van der Waals surface area contributed by atoms with E-state index in [9.17, 15) is 23.4 Å². The molecule has 2 unspecified atom stereocenters. The third-order valence-corrected chi connectivity index (χ3v) is 4.18. The van der Waals surface area contributed by atoms with E-state index in [-0.39, 0.29) is 21.3 Å². The number of aliphatic hydroxyl groups excluding tert-OH is 2. The minimum atomic E-state index is -3.86. The van der Waals surface area contributed by atoms with Gasteiger partial charge in [0.15, 0.2) is 5.12 Å². The summed E-state index contributed by atoms with van der Waals surface area (Å²) in [5.41, 5.74) is 0.225. The first-order valence-electron chi connectivity index (χ1n) is 5.34. The normalized spacial score (nSPS) is 14.9. The molecule has 106 valence electrons. The Bertz CT molecular complexity index is 558. The second-order valence-electron chi connectivity index (χ2n) is 3.93. The summed E-state index contributed by atoms with van der Waals surface area (Å²) in [4.78, 5) is 10.6. The van der Waals surface area contributed by atoms with Crippen LogP contribution in [0.2, 0.25) is 0 Å². The molecule has 0 spiro atoms. The molecule has 1 aromatic carbocycles. The molecule has 0 aliphatic heterocycles. The lowest BCUT2D eigenvalue weighted by atomic mass is 10.1. The number of carbonyl (C=O) groups excluding carboxylic acids is 1. The number of thioether (sulfide) groups is 1. The molecule has 0 saturated carbocycles. The van der Waals surface area contributed by atoms with Crippen LogP contribution in [0.15, 0.2) is 29.2 Å². The second kappa shape index (κ2) is 6.49. The maximum atomic E-state index is 11.2. The summed E-state index contributed by atoms with van der Waals surface area (Å²) in [5.74, 6) is 0.0239. The molecule has 0 bridgehead atoms. The summed E-state index contributed by atoms with van der Waals surface area (Å²) >= 11 is 0.880. The Labute approximate surface area is 115 Å². The van der Waals surface area contributed by atoms with Crippen LogP contribution in [-0.2, 0) is 14.8 Å². The summed E-state index contributed by atoms with van der Waals surface area (Å²) < 4.78 is 22.4. The maximum absolute atomic E-state index is 11.2. The summed E-state index contributed by atoms with van der Waals surface area (Å²) in [6.45, 7) is 1.35. The van der Waals surface area contributed by atoms with E-state index in [0.717, 1.165) is 11.8 Å². The van der Waals surface area contributed by atoms with Crippen LogP contribution in [0.3, 0.4) is 0 Å². The summed E-state index contributed by atoms with van der Waals surface area (Å²) in [5, 5.41) is 24.4. The maximum Gasteiger partial charge on any atom is 0.238 e. The van der Waals surface area contributed by atoms with Crippen LogP contribution in [0.5, 0.6) is 0 Å². The Balaban J connectivity index is 2.88. The number of carbonyl (C=O) groups is 1. The highest BCUT2D eigenvalue weighted by molar-refractivity contribution is 8.13. The van der Waals surface area contributed by atoms with Gasteiger partial charge in [0.1, 0.15) is 6.10 Å². The highest BCUT2D eigenvalue weighted by atomic mass is 32.2. The Hall–Kier alpha value is -0.930. The van der Waals surface area contributed by atoms with Gasteiger partial charge in [0, 0.05) is 12.7 Å². The molecular weight excluding hydrogens is 290 g/mol. The lowest BCUT2D eigenvalue weighted by Gasteiger charge is -2.17. The molecule has 8 heteroatoms. The fraction of sp³-hybridized carbons (Fsp3) is 0.364. The molecule has 0 amide bonds. The van der Waals surface area contributed by atoms with Crippen molar-refractivity contribution < 1.29 is 23.4 Å². The molecule has 1 rings (SSSR count). The number of rotatable bonds is 5. The highest BCUT2D eigenvalue weighted by Gasteiger charge is 2.20. The third kappa shape index (κ3) is 4.92. The summed E-state index contributed by atoms with van der Waals surface area (Å²) in [6.07, 6.45) is -2.46. The average Bonchev–Trinajstić information content (AvgIpc) is 2.34. The zero-order chi connectivity index (χ0) is 14.6. The van der Waals surface area contributed by atoms with Crippen LogP contribution < -0.4 is 5.14 Å². The van der Waals surface area contributed by atoms with Crippen LogP contribution >= 0.6 is 11.8 Å². The molecular formula is C11H15NO5S2. The number of hydrogen-bond donors (Lipinski definition) is 3. The first-order chi connectivity index (χ1) is 8.71. The fourth-order valence-corrected chi connectivity index (χ4v) is 2.55. The van der Waals surface area contributed by atoms with Crippen molar-refractivity contribution in [2.75, 3.05) is 5.75 Å². The Morgan fingerprint density at radius 2 is 2.05 bits per heavy atom. The molecule has 1 aromatic rings. The van der Waals surface area contributed by atoms with Crippen LogP contribution in [0.1, 0.15) is 18.6 Å². The van der Waals surface area contributed by atoms with Gasteiger partial charge >= 0.3 is 0 Å². The molecule has 2 atom stereocenters. The number of benzene rings is 1. The van der Waals surface area contributed by atoms with Gasteiger partial charge in [-0.2, -0.15) is 0 Å². The zero-order valence-electron chi connectivity index (χ0n) is 10.2. The third-order valence-electron chi connectivity index (χ3n) is 2.35. The minimum absolute atomic E-state index is 0.0239. The second-order valence-corrected chi connectivity index (χ2v) is 6.69. The SMILES string of the molecule is CC(=O)SCC(O)C(O)c1cccc(S(N)(=O)=O)c1. The van der Waals surface area contributed by atoms with Gasteiger partial charge < -0.3 is 10.2 Å². The number of aliphatic hydroxyl groups is 2. The lowest BCUT2D eigenvalue weighted by molar-refractivity contribution is -0.109. The van der Waals surface area contributed by atoms with Gasteiger partial charge in [0.2, 0.25) is 10.0 Å². The Kier molecular flexibility index (Phi) is 5.50. The van der Waals surface area contributed by atoms with E-state index in [1.807, 2.05) is 0 Å². The van der Waals surface area contributed by atoms with Crippen molar-refractivity contribution in [1.29, 1.82) is 0 Å². The van der Waals surface area contributed by atoms with Crippen molar-refractivity contribution in [3.63, 3.8) is 0 Å². The first kappa shape index (κ1) is 16.1. The van der Waals surface area contributed by atoms with Gasteiger partial charge in [-0.3, -0.25) is 4.79 Å². The average molecular weight is 305 g/mol. The van der Waals surface area contributed by atoms with Gasteiger partial charge in [-0.05, 0) is 17.7 Å². The van der Waals surface area contributed by atoms with E-state index in [4.69, 9.17) is 5.14 Å². The summed E-state index contributed by atoms with van der Waals surface area (Å²) in [7, 11) is -3.86. The number of nitrogens with two attached hydrogens (primary N) is 1. The first-order valence-corrected chi connectivity index (χ1v) is 7.87. The molecule has 0 radical (unpaired) electrons. The monoisotopic (exact) mass is 305 g/mol. The lowest BCUT2D eigenvalue weighted by Crippen LogP contribution is -2.22. The number of sulfonamides is 1. The van der Waals surface area contributed by atoms with E-state index >= 15 is 0 Å². The van der Waals surface area contributed by atoms with Crippen molar-refractivity contribution in [2.24, 2.45) is 5.14 Å². The fourth-order valence-electron chi connectivity index (χ4n) is 1.39. The van der Waals surface area contributed by atoms with Crippen LogP contribution in [0.4, 0.5) is 0 Å². The van der Waals surface area contributed by atoms with Gasteiger partial charge in [0.25, 0.3) is 0 Å². The number of primary sulfonamides is 1. The van der Waals surface area contributed by atoms with Crippen molar-refractivity contribution >= 4 is 26.9 Å². The van der Waals surface area contributed by atoms with Gasteiger partial charge in [-0.1, -0.05) is 23.9 Å². The smallest absolute Gasteiger partial charge is 0.238 e. The molecule has 0 aromatic heterocycles. The van der Waals surface area contributed by atoms with E-state index < -0.39 is 22.2 Å². The number of hydrogen-bond acceptors (Lipinski definition) is 6.